The van der Waals surface area contributed by atoms with Gasteiger partial charge in [-0.05, 0) is 37.1 Å². The van der Waals surface area contributed by atoms with Gasteiger partial charge in [0.15, 0.2) is 0 Å². The molecule has 84 valence electrons. The maximum atomic E-state index is 5.60. The molecule has 2 rings (SSSR count). The molecule has 0 fully saturated rings. The fraction of sp³-hybridized carbons (Fsp3) is 0.231. The van der Waals surface area contributed by atoms with Crippen molar-refractivity contribution in [3.05, 3.63) is 59.0 Å². The summed E-state index contributed by atoms with van der Waals surface area (Å²) in [6.07, 6.45) is 1.66. The number of hydrogen-bond acceptors (Lipinski definition) is 3. The molecular weight excluding hydrogens is 200 g/mol. The third-order valence-electron chi connectivity index (χ3n) is 2.74. The van der Waals surface area contributed by atoms with Crippen LogP contribution in [0.15, 0.2) is 41.0 Å². The van der Waals surface area contributed by atoms with E-state index in [9.17, 15) is 0 Å². The second kappa shape index (κ2) is 4.51. The Morgan fingerprint density at radius 1 is 1.25 bits per heavy atom. The molecular formula is C13H16N2O. The zero-order valence-electron chi connectivity index (χ0n) is 9.53. The van der Waals surface area contributed by atoms with Gasteiger partial charge in [-0.1, -0.05) is 23.8 Å². The molecule has 0 spiro atoms. The molecule has 1 atom stereocenters. The van der Waals surface area contributed by atoms with Gasteiger partial charge < -0.3 is 4.42 Å². The lowest BCUT2D eigenvalue weighted by atomic mass is 9.98. The predicted octanol–water partition coefficient (Wildman–Crippen LogP) is 2.45. The lowest BCUT2D eigenvalue weighted by Gasteiger charge is -2.16. The second-order valence-electron chi connectivity index (χ2n) is 3.98. The quantitative estimate of drug-likeness (QED) is 0.612. The molecule has 0 aliphatic heterocycles. The van der Waals surface area contributed by atoms with Gasteiger partial charge in [0.1, 0.15) is 11.8 Å². The molecule has 0 aliphatic rings. The standard InChI is InChI=1S/C13H16N2O/c1-9-5-6-10(2)11(8-9)13(15-14)12-4-3-7-16-12/h3-8,13,15H,14H2,1-2H3. The molecule has 0 amide bonds. The van der Waals surface area contributed by atoms with Crippen molar-refractivity contribution in [1.82, 2.24) is 5.43 Å². The first-order valence-electron chi connectivity index (χ1n) is 5.29. The van der Waals surface area contributed by atoms with Crippen LogP contribution in [-0.2, 0) is 0 Å². The van der Waals surface area contributed by atoms with Crippen LogP contribution in [0.4, 0.5) is 0 Å². The first-order chi connectivity index (χ1) is 7.72. The summed E-state index contributed by atoms with van der Waals surface area (Å²) in [6.45, 7) is 4.14. The molecule has 0 aliphatic carbocycles. The Morgan fingerprint density at radius 3 is 2.69 bits per heavy atom. The van der Waals surface area contributed by atoms with Crippen LogP contribution in [0.2, 0.25) is 0 Å². The monoisotopic (exact) mass is 216 g/mol. The van der Waals surface area contributed by atoms with Gasteiger partial charge in [0, 0.05) is 0 Å². The number of rotatable bonds is 3. The molecule has 0 bridgehead atoms. The number of nitrogens with two attached hydrogens (primary N) is 1. The summed E-state index contributed by atoms with van der Waals surface area (Å²) in [5, 5.41) is 0. The number of hydrogen-bond donors (Lipinski definition) is 2. The topological polar surface area (TPSA) is 51.2 Å². The van der Waals surface area contributed by atoms with E-state index in [1.807, 2.05) is 12.1 Å². The van der Waals surface area contributed by atoms with Gasteiger partial charge in [-0.15, -0.1) is 0 Å². The third-order valence-corrected chi connectivity index (χ3v) is 2.74. The van der Waals surface area contributed by atoms with E-state index in [0.29, 0.717) is 0 Å². The van der Waals surface area contributed by atoms with Crippen LogP contribution in [-0.4, -0.2) is 0 Å². The van der Waals surface area contributed by atoms with Crippen LogP contribution in [0.1, 0.15) is 28.5 Å². The zero-order chi connectivity index (χ0) is 11.5. The van der Waals surface area contributed by atoms with Crippen LogP contribution in [0, 0.1) is 13.8 Å². The summed E-state index contributed by atoms with van der Waals surface area (Å²) in [4.78, 5) is 0. The fourth-order valence-electron chi connectivity index (χ4n) is 1.85. The maximum Gasteiger partial charge on any atom is 0.126 e. The van der Waals surface area contributed by atoms with Crippen LogP contribution in [0.5, 0.6) is 0 Å². The average Bonchev–Trinajstić information content (AvgIpc) is 2.78. The lowest BCUT2D eigenvalue weighted by Crippen LogP contribution is -2.29. The Morgan fingerprint density at radius 2 is 2.06 bits per heavy atom. The van der Waals surface area contributed by atoms with E-state index in [1.54, 1.807) is 6.26 Å². The third kappa shape index (κ3) is 2.01. The zero-order valence-corrected chi connectivity index (χ0v) is 9.53. The number of hydrazine groups is 1. The Kier molecular flexibility index (Phi) is 3.08. The van der Waals surface area contributed by atoms with Gasteiger partial charge in [-0.25, -0.2) is 5.43 Å². The summed E-state index contributed by atoms with van der Waals surface area (Å²) < 4.78 is 5.39. The van der Waals surface area contributed by atoms with E-state index >= 15 is 0 Å². The summed E-state index contributed by atoms with van der Waals surface area (Å²) in [5.74, 6) is 6.43. The van der Waals surface area contributed by atoms with Gasteiger partial charge in [0.25, 0.3) is 0 Å². The summed E-state index contributed by atoms with van der Waals surface area (Å²) >= 11 is 0. The number of aryl methyl sites for hydroxylation is 2. The highest BCUT2D eigenvalue weighted by Crippen LogP contribution is 2.25. The highest BCUT2D eigenvalue weighted by molar-refractivity contribution is 5.36. The minimum atomic E-state index is -0.0881. The molecule has 0 radical (unpaired) electrons. The summed E-state index contributed by atoms with van der Waals surface area (Å²) in [6, 6.07) is 10.0. The Hall–Kier alpha value is -1.58. The highest BCUT2D eigenvalue weighted by atomic mass is 16.3. The first-order valence-corrected chi connectivity index (χ1v) is 5.29. The van der Waals surface area contributed by atoms with Crippen molar-refractivity contribution in [3.8, 4) is 0 Å². The van der Waals surface area contributed by atoms with Crippen molar-refractivity contribution in [3.63, 3.8) is 0 Å². The molecule has 2 aromatic rings. The van der Waals surface area contributed by atoms with E-state index < -0.39 is 0 Å². The van der Waals surface area contributed by atoms with Crippen molar-refractivity contribution < 1.29 is 4.42 Å². The predicted molar refractivity (Wildman–Crippen MR) is 63.8 cm³/mol. The normalized spacial score (nSPS) is 12.7. The van der Waals surface area contributed by atoms with Crippen LogP contribution in [0.3, 0.4) is 0 Å². The Balaban J connectivity index is 2.44. The smallest absolute Gasteiger partial charge is 0.126 e. The van der Waals surface area contributed by atoms with E-state index in [1.165, 1.54) is 11.1 Å². The SMILES string of the molecule is Cc1ccc(C)c(C(NN)c2ccco2)c1. The van der Waals surface area contributed by atoms with Crippen LogP contribution >= 0.6 is 0 Å². The summed E-state index contributed by atoms with van der Waals surface area (Å²) in [7, 11) is 0. The largest absolute Gasteiger partial charge is 0.467 e. The van der Waals surface area contributed by atoms with Gasteiger partial charge in [0.05, 0.1) is 6.26 Å². The van der Waals surface area contributed by atoms with Crippen molar-refractivity contribution in [1.29, 1.82) is 0 Å². The number of nitrogens with one attached hydrogen (secondary N) is 1. The van der Waals surface area contributed by atoms with Crippen LogP contribution < -0.4 is 11.3 Å². The molecule has 3 N–H and O–H groups in total. The summed E-state index contributed by atoms with van der Waals surface area (Å²) in [5.41, 5.74) is 6.36. The maximum absolute atomic E-state index is 5.60. The lowest BCUT2D eigenvalue weighted by molar-refractivity contribution is 0.451. The second-order valence-corrected chi connectivity index (χ2v) is 3.98. The molecule has 3 nitrogen and oxygen atoms in total. The van der Waals surface area contributed by atoms with E-state index in [-0.39, 0.29) is 6.04 Å². The fourth-order valence-corrected chi connectivity index (χ4v) is 1.85. The van der Waals surface area contributed by atoms with E-state index in [2.05, 4.69) is 37.5 Å². The van der Waals surface area contributed by atoms with Crippen molar-refractivity contribution in [2.24, 2.45) is 5.84 Å². The van der Waals surface area contributed by atoms with Crippen LogP contribution in [0.25, 0.3) is 0 Å². The van der Waals surface area contributed by atoms with Gasteiger partial charge >= 0.3 is 0 Å². The molecule has 1 aromatic carbocycles. The van der Waals surface area contributed by atoms with Crippen molar-refractivity contribution >= 4 is 0 Å². The highest BCUT2D eigenvalue weighted by Gasteiger charge is 2.16. The Labute approximate surface area is 95.2 Å². The van der Waals surface area contributed by atoms with Gasteiger partial charge in [-0.3, -0.25) is 5.84 Å². The van der Waals surface area contributed by atoms with E-state index in [4.69, 9.17) is 10.3 Å². The minimum absolute atomic E-state index is 0.0881. The minimum Gasteiger partial charge on any atom is -0.467 e. The van der Waals surface area contributed by atoms with Crippen molar-refractivity contribution in [2.75, 3.05) is 0 Å². The number of furan rings is 1. The average molecular weight is 216 g/mol. The van der Waals surface area contributed by atoms with Gasteiger partial charge in [0.2, 0.25) is 0 Å². The molecule has 1 heterocycles. The van der Waals surface area contributed by atoms with Gasteiger partial charge in [-0.2, -0.15) is 0 Å². The number of benzene rings is 1. The molecule has 16 heavy (non-hydrogen) atoms. The molecule has 3 heteroatoms. The molecule has 0 saturated carbocycles. The van der Waals surface area contributed by atoms with Crippen molar-refractivity contribution in [2.45, 2.75) is 19.9 Å². The molecule has 1 aromatic heterocycles. The molecule has 0 saturated heterocycles. The first kappa shape index (κ1) is 10.9. The molecule has 1 unspecified atom stereocenters. The Bertz CT molecular complexity index is 463. The van der Waals surface area contributed by atoms with E-state index in [0.717, 1.165) is 11.3 Å².